The minimum atomic E-state index is 0.462. The van der Waals surface area contributed by atoms with E-state index in [1.165, 1.54) is 64.2 Å². The van der Waals surface area contributed by atoms with Crippen LogP contribution in [0.2, 0.25) is 0 Å². The molecule has 23 heavy (non-hydrogen) atoms. The van der Waals surface area contributed by atoms with Gasteiger partial charge < -0.3 is 20.7 Å². The van der Waals surface area contributed by atoms with Crippen molar-refractivity contribution in [3.05, 3.63) is 0 Å². The molecule has 1 saturated carbocycles. The lowest BCUT2D eigenvalue weighted by Gasteiger charge is -2.65. The molecule has 6 fully saturated rings. The first kappa shape index (κ1) is 14.4. The number of thioether (sulfide) groups is 1. The van der Waals surface area contributed by atoms with Gasteiger partial charge in [0.1, 0.15) is 0 Å². The van der Waals surface area contributed by atoms with Crippen molar-refractivity contribution in [2.24, 2.45) is 22.2 Å². The zero-order valence-corrected chi connectivity index (χ0v) is 14.7. The Balaban J connectivity index is 1.27. The minimum Gasteiger partial charge on any atom is -0.375 e. The molecule has 5 aliphatic heterocycles. The van der Waals surface area contributed by atoms with Crippen LogP contribution in [0.15, 0.2) is 0 Å². The lowest BCUT2D eigenvalue weighted by atomic mass is 9.57. The number of nitrogens with one attached hydrogen (secondary N) is 3. The highest BCUT2D eigenvalue weighted by molar-refractivity contribution is 8.00. The average molecular weight is 336 g/mol. The van der Waals surface area contributed by atoms with Crippen LogP contribution in [0, 0.1) is 22.2 Å². The molecule has 0 radical (unpaired) electrons. The van der Waals surface area contributed by atoms with Gasteiger partial charge in [0.05, 0.1) is 12.7 Å². The van der Waals surface area contributed by atoms with Crippen molar-refractivity contribution in [1.29, 1.82) is 0 Å². The van der Waals surface area contributed by atoms with Crippen molar-refractivity contribution >= 4 is 11.8 Å². The van der Waals surface area contributed by atoms with Gasteiger partial charge >= 0.3 is 0 Å². The van der Waals surface area contributed by atoms with E-state index >= 15 is 0 Å². The highest BCUT2D eigenvalue weighted by atomic mass is 32.2. The van der Waals surface area contributed by atoms with Crippen LogP contribution in [0.25, 0.3) is 0 Å². The van der Waals surface area contributed by atoms with E-state index in [9.17, 15) is 0 Å². The largest absolute Gasteiger partial charge is 0.375 e. The lowest BCUT2D eigenvalue weighted by Crippen LogP contribution is -2.80. The van der Waals surface area contributed by atoms with Gasteiger partial charge in [-0.2, -0.15) is 11.8 Å². The van der Waals surface area contributed by atoms with Gasteiger partial charge in [-0.15, -0.1) is 0 Å². The fraction of sp³-hybridized carbons (Fsp3) is 1.00. The number of rotatable bonds is 2. The monoisotopic (exact) mass is 335 g/mol. The summed E-state index contributed by atoms with van der Waals surface area (Å²) in [5, 5.41) is 11.9. The third-order valence-electron chi connectivity index (χ3n) is 8.34. The first-order chi connectivity index (χ1) is 11.3. The maximum absolute atomic E-state index is 6.33. The average Bonchev–Trinajstić information content (AvgIpc) is 2.85. The molecule has 5 saturated heterocycles. The van der Waals surface area contributed by atoms with Crippen molar-refractivity contribution in [1.82, 2.24) is 16.0 Å². The number of hydrogen-bond acceptors (Lipinski definition) is 5. The Morgan fingerprint density at radius 1 is 0.957 bits per heavy atom. The normalized spacial score (nSPS) is 56.3. The van der Waals surface area contributed by atoms with Crippen LogP contribution < -0.4 is 16.0 Å². The Morgan fingerprint density at radius 3 is 2.52 bits per heavy atom. The zero-order valence-electron chi connectivity index (χ0n) is 13.9. The van der Waals surface area contributed by atoms with E-state index in [1.807, 2.05) is 0 Å². The van der Waals surface area contributed by atoms with E-state index in [0.717, 1.165) is 17.8 Å². The van der Waals surface area contributed by atoms with Gasteiger partial charge in [0, 0.05) is 42.9 Å². The predicted octanol–water partition coefficient (Wildman–Crippen LogP) is 0.828. The summed E-state index contributed by atoms with van der Waals surface area (Å²) in [5.41, 5.74) is 1.65. The molecule has 0 amide bonds. The molecule has 0 aromatic heterocycles. The Bertz CT molecular complexity index is 509. The van der Waals surface area contributed by atoms with Gasteiger partial charge in [-0.05, 0) is 54.7 Å². The third kappa shape index (κ3) is 1.74. The van der Waals surface area contributed by atoms with Crippen molar-refractivity contribution in [3.63, 3.8) is 0 Å². The van der Waals surface area contributed by atoms with Gasteiger partial charge in [-0.3, -0.25) is 0 Å². The topological polar surface area (TPSA) is 45.3 Å². The molecule has 6 unspecified atom stereocenters. The summed E-state index contributed by atoms with van der Waals surface area (Å²) in [6.07, 6.45) is 6.19. The molecule has 3 spiro atoms. The molecule has 0 aromatic rings. The molecule has 0 bridgehead atoms. The Hall–Kier alpha value is 0.190. The van der Waals surface area contributed by atoms with Crippen molar-refractivity contribution in [3.8, 4) is 0 Å². The molecule has 5 heteroatoms. The summed E-state index contributed by atoms with van der Waals surface area (Å²) < 4.78 is 6.33. The fourth-order valence-corrected chi connectivity index (χ4v) is 8.54. The van der Waals surface area contributed by atoms with Crippen LogP contribution in [0.3, 0.4) is 0 Å². The summed E-state index contributed by atoms with van der Waals surface area (Å²) in [7, 11) is 0. The maximum atomic E-state index is 6.33. The van der Waals surface area contributed by atoms with E-state index in [-0.39, 0.29) is 0 Å². The number of ether oxygens (including phenoxy) is 1. The standard InChI is InChI=1S/C18H29N3OS/c1-2-16(1)8-20-7-12(16)13-18(10-21-13)11-22-14(18)15-17(4-6-23-15)3-5-19-9-17/h12-15,19-21H,1-11H2. The highest BCUT2D eigenvalue weighted by Crippen LogP contribution is 2.63. The molecule has 6 rings (SSSR count). The first-order valence-corrected chi connectivity index (χ1v) is 10.7. The molecule has 0 aromatic carbocycles. The quantitative estimate of drug-likeness (QED) is 0.698. The third-order valence-corrected chi connectivity index (χ3v) is 9.89. The molecule has 4 nitrogen and oxygen atoms in total. The van der Waals surface area contributed by atoms with Crippen molar-refractivity contribution in [2.45, 2.75) is 43.1 Å². The molecule has 3 N–H and O–H groups in total. The van der Waals surface area contributed by atoms with Crippen molar-refractivity contribution < 1.29 is 4.74 Å². The molecule has 6 atom stereocenters. The van der Waals surface area contributed by atoms with E-state index in [2.05, 4.69) is 27.7 Å². The lowest BCUT2D eigenvalue weighted by molar-refractivity contribution is -0.248. The van der Waals surface area contributed by atoms with Crippen LogP contribution >= 0.6 is 11.8 Å². The second-order valence-electron chi connectivity index (χ2n) is 9.25. The second kappa shape index (κ2) is 4.67. The van der Waals surface area contributed by atoms with Gasteiger partial charge in [-0.25, -0.2) is 0 Å². The van der Waals surface area contributed by atoms with E-state index in [4.69, 9.17) is 4.74 Å². The SMILES string of the molecule is C1CC2(CCSC2C2OCC23CNC3C2CNCC23CC3)CN1. The van der Waals surface area contributed by atoms with Gasteiger partial charge in [0.15, 0.2) is 0 Å². The fourth-order valence-electron chi connectivity index (χ4n) is 6.57. The summed E-state index contributed by atoms with van der Waals surface area (Å²) in [5.74, 6) is 2.20. The van der Waals surface area contributed by atoms with Crippen LogP contribution in [-0.2, 0) is 4.74 Å². The van der Waals surface area contributed by atoms with Crippen molar-refractivity contribution in [2.75, 3.05) is 45.1 Å². The maximum Gasteiger partial charge on any atom is 0.0805 e. The number of hydrogen-bond donors (Lipinski definition) is 3. The van der Waals surface area contributed by atoms with Gasteiger partial charge in [-0.1, -0.05) is 0 Å². The van der Waals surface area contributed by atoms with Crippen LogP contribution in [0.5, 0.6) is 0 Å². The van der Waals surface area contributed by atoms with Crippen LogP contribution in [0.1, 0.15) is 25.7 Å². The second-order valence-corrected chi connectivity index (χ2v) is 10.5. The van der Waals surface area contributed by atoms with Crippen LogP contribution in [-0.4, -0.2) is 62.5 Å². The van der Waals surface area contributed by atoms with E-state index in [0.29, 0.717) is 28.4 Å². The smallest absolute Gasteiger partial charge is 0.0805 e. The molecule has 128 valence electrons. The highest BCUT2D eigenvalue weighted by Gasteiger charge is 2.70. The minimum absolute atomic E-state index is 0.462. The Kier molecular flexibility index (Phi) is 2.92. The summed E-state index contributed by atoms with van der Waals surface area (Å²) >= 11 is 2.23. The zero-order chi connectivity index (χ0) is 15.1. The Labute approximate surface area is 143 Å². The summed E-state index contributed by atoms with van der Waals surface area (Å²) in [6, 6.07) is 0.714. The van der Waals surface area contributed by atoms with Gasteiger partial charge in [0.2, 0.25) is 0 Å². The molecular formula is C18H29N3OS. The summed E-state index contributed by atoms with van der Waals surface area (Å²) in [6.45, 7) is 7.17. The van der Waals surface area contributed by atoms with Crippen LogP contribution in [0.4, 0.5) is 0 Å². The van der Waals surface area contributed by atoms with Gasteiger partial charge in [0.25, 0.3) is 0 Å². The molecule has 1 aliphatic carbocycles. The first-order valence-electron chi connectivity index (χ1n) is 9.66. The molecule has 5 heterocycles. The Morgan fingerprint density at radius 2 is 1.87 bits per heavy atom. The predicted molar refractivity (Wildman–Crippen MR) is 92.8 cm³/mol. The molecular weight excluding hydrogens is 306 g/mol. The summed E-state index contributed by atoms with van der Waals surface area (Å²) in [4.78, 5) is 0. The van der Waals surface area contributed by atoms with E-state index in [1.54, 1.807) is 0 Å². The van der Waals surface area contributed by atoms with E-state index < -0.39 is 0 Å². The molecule has 6 aliphatic rings.